The van der Waals surface area contributed by atoms with Gasteiger partial charge in [-0.2, -0.15) is 0 Å². The fraction of sp³-hybridized carbons (Fsp3) is 0.316. The summed E-state index contributed by atoms with van der Waals surface area (Å²) >= 11 is 0. The van der Waals surface area contributed by atoms with Gasteiger partial charge in [0.15, 0.2) is 0 Å². The first-order chi connectivity index (χ1) is 11.7. The Hall–Kier alpha value is -2.40. The Kier molecular flexibility index (Phi) is 5.11. The number of hydrogen-bond donors (Lipinski definition) is 1. The summed E-state index contributed by atoms with van der Waals surface area (Å²) in [5, 5.41) is 0. The van der Waals surface area contributed by atoms with E-state index in [2.05, 4.69) is 0 Å². The number of halogens is 1. The molecule has 2 N–H and O–H groups in total. The first-order valence-electron chi connectivity index (χ1n) is 8.12. The molecule has 0 spiro atoms. The van der Waals surface area contributed by atoms with E-state index in [1.165, 1.54) is 12.1 Å². The molecule has 0 aliphatic carbocycles. The van der Waals surface area contributed by atoms with Crippen molar-refractivity contribution in [2.45, 2.75) is 13.0 Å². The molecule has 0 saturated carbocycles. The summed E-state index contributed by atoms with van der Waals surface area (Å²) in [5.41, 5.74) is 7.20. The van der Waals surface area contributed by atoms with Gasteiger partial charge in [0.05, 0.1) is 0 Å². The third-order valence-electron chi connectivity index (χ3n) is 4.28. The molecule has 0 bridgehead atoms. The fourth-order valence-corrected chi connectivity index (χ4v) is 2.91. The van der Waals surface area contributed by atoms with Crippen LogP contribution in [-0.4, -0.2) is 30.4 Å². The van der Waals surface area contributed by atoms with E-state index in [9.17, 15) is 9.18 Å². The topological polar surface area (TPSA) is 55.6 Å². The maximum absolute atomic E-state index is 13.2. The van der Waals surface area contributed by atoms with Crippen molar-refractivity contribution < 1.29 is 13.9 Å². The van der Waals surface area contributed by atoms with Crippen LogP contribution in [0.25, 0.3) is 0 Å². The number of carbonyl (C=O) groups excluding carboxylic acids is 1. The molecule has 24 heavy (non-hydrogen) atoms. The van der Waals surface area contributed by atoms with Crippen LogP contribution in [-0.2, 0) is 6.61 Å². The van der Waals surface area contributed by atoms with Gasteiger partial charge in [0.2, 0.25) is 0 Å². The zero-order valence-corrected chi connectivity index (χ0v) is 13.5. The maximum atomic E-state index is 13.2. The van der Waals surface area contributed by atoms with Gasteiger partial charge in [-0.25, -0.2) is 4.39 Å². The monoisotopic (exact) mass is 328 g/mol. The third-order valence-corrected chi connectivity index (χ3v) is 4.28. The minimum absolute atomic E-state index is 0.0264. The molecule has 0 radical (unpaired) electrons. The summed E-state index contributed by atoms with van der Waals surface area (Å²) in [7, 11) is 0. The van der Waals surface area contributed by atoms with Crippen LogP contribution in [0.5, 0.6) is 5.75 Å². The van der Waals surface area contributed by atoms with Crippen LogP contribution in [0, 0.1) is 11.7 Å². The standard InChI is InChI=1S/C19H21FN2O2/c20-17-5-2-6-18(10-17)24-13-14-3-1-4-16(9-14)19(23)22-8-7-15(11-21)12-22/h1-6,9-10,15H,7-8,11-13,21H2. The van der Waals surface area contributed by atoms with Crippen molar-refractivity contribution >= 4 is 5.91 Å². The predicted octanol–water partition coefficient (Wildman–Crippen LogP) is 2.83. The first kappa shape index (κ1) is 16.5. The zero-order chi connectivity index (χ0) is 16.9. The van der Waals surface area contributed by atoms with E-state index in [0.29, 0.717) is 23.8 Å². The molecule has 1 amide bonds. The Morgan fingerprint density at radius 2 is 2.08 bits per heavy atom. The lowest BCUT2D eigenvalue weighted by Gasteiger charge is -2.17. The van der Waals surface area contributed by atoms with Gasteiger partial charge in [-0.3, -0.25) is 4.79 Å². The first-order valence-corrected chi connectivity index (χ1v) is 8.12. The molecule has 126 valence electrons. The van der Waals surface area contributed by atoms with Crippen molar-refractivity contribution in [1.29, 1.82) is 0 Å². The van der Waals surface area contributed by atoms with E-state index in [4.69, 9.17) is 10.5 Å². The molecule has 1 atom stereocenters. The maximum Gasteiger partial charge on any atom is 0.253 e. The fourth-order valence-electron chi connectivity index (χ4n) is 2.91. The van der Waals surface area contributed by atoms with Crippen molar-refractivity contribution in [2.24, 2.45) is 11.7 Å². The molecule has 2 aromatic rings. The highest BCUT2D eigenvalue weighted by molar-refractivity contribution is 5.94. The predicted molar refractivity (Wildman–Crippen MR) is 90.2 cm³/mol. The van der Waals surface area contributed by atoms with Gasteiger partial charge in [-0.15, -0.1) is 0 Å². The van der Waals surface area contributed by atoms with Gasteiger partial charge in [-0.05, 0) is 48.7 Å². The summed E-state index contributed by atoms with van der Waals surface area (Å²) in [5.74, 6) is 0.559. The van der Waals surface area contributed by atoms with Crippen LogP contribution in [0.3, 0.4) is 0 Å². The number of rotatable bonds is 5. The highest BCUT2D eigenvalue weighted by Gasteiger charge is 2.25. The SMILES string of the molecule is NCC1CCN(C(=O)c2cccc(COc3cccc(F)c3)c2)C1. The van der Waals surface area contributed by atoms with Gasteiger partial charge in [-0.1, -0.05) is 18.2 Å². The van der Waals surface area contributed by atoms with E-state index < -0.39 is 0 Å². The average Bonchev–Trinajstić information content (AvgIpc) is 3.09. The number of amides is 1. The molecule has 5 heteroatoms. The quantitative estimate of drug-likeness (QED) is 0.918. The average molecular weight is 328 g/mol. The molecule has 1 saturated heterocycles. The number of nitrogens with zero attached hydrogens (tertiary/aromatic N) is 1. The molecule has 2 aromatic carbocycles. The smallest absolute Gasteiger partial charge is 0.253 e. The highest BCUT2D eigenvalue weighted by Crippen LogP contribution is 2.19. The number of likely N-dealkylation sites (tertiary alicyclic amines) is 1. The lowest BCUT2D eigenvalue weighted by atomic mass is 10.1. The summed E-state index contributed by atoms with van der Waals surface area (Å²) < 4.78 is 18.7. The van der Waals surface area contributed by atoms with E-state index >= 15 is 0 Å². The summed E-state index contributed by atoms with van der Waals surface area (Å²) in [4.78, 5) is 14.4. The molecule has 0 aromatic heterocycles. The molecule has 1 aliphatic rings. The van der Waals surface area contributed by atoms with E-state index in [-0.39, 0.29) is 18.3 Å². The molecule has 4 nitrogen and oxygen atoms in total. The van der Waals surface area contributed by atoms with Crippen molar-refractivity contribution in [3.8, 4) is 5.75 Å². The largest absolute Gasteiger partial charge is 0.489 e. The molecular formula is C19H21FN2O2. The van der Waals surface area contributed by atoms with Crippen molar-refractivity contribution in [1.82, 2.24) is 4.90 Å². The molecule has 1 heterocycles. The van der Waals surface area contributed by atoms with Crippen molar-refractivity contribution in [3.63, 3.8) is 0 Å². The Morgan fingerprint density at radius 3 is 2.83 bits per heavy atom. The van der Waals surface area contributed by atoms with Gasteiger partial charge >= 0.3 is 0 Å². The van der Waals surface area contributed by atoms with Crippen molar-refractivity contribution in [2.75, 3.05) is 19.6 Å². The van der Waals surface area contributed by atoms with E-state index in [1.807, 2.05) is 29.2 Å². The molecule has 1 unspecified atom stereocenters. The molecule has 1 aliphatic heterocycles. The zero-order valence-electron chi connectivity index (χ0n) is 13.5. The third kappa shape index (κ3) is 3.92. The van der Waals surface area contributed by atoms with Crippen LogP contribution in [0.1, 0.15) is 22.3 Å². The minimum Gasteiger partial charge on any atom is -0.489 e. The number of hydrogen-bond acceptors (Lipinski definition) is 3. The van der Waals surface area contributed by atoms with E-state index in [1.54, 1.807) is 12.1 Å². The Balaban J connectivity index is 1.64. The second kappa shape index (κ2) is 7.45. The Morgan fingerprint density at radius 1 is 1.25 bits per heavy atom. The van der Waals surface area contributed by atoms with E-state index in [0.717, 1.165) is 25.1 Å². The summed E-state index contributed by atoms with van der Waals surface area (Å²) in [6.07, 6.45) is 0.963. The van der Waals surface area contributed by atoms with Gasteiger partial charge < -0.3 is 15.4 Å². The molecule has 3 rings (SSSR count). The van der Waals surface area contributed by atoms with Gasteiger partial charge in [0.25, 0.3) is 5.91 Å². The molecular weight excluding hydrogens is 307 g/mol. The van der Waals surface area contributed by atoms with Crippen molar-refractivity contribution in [3.05, 3.63) is 65.5 Å². The van der Waals surface area contributed by atoms with Crippen LogP contribution in [0.15, 0.2) is 48.5 Å². The number of nitrogens with two attached hydrogens (primary N) is 1. The number of carbonyl (C=O) groups is 1. The lowest BCUT2D eigenvalue weighted by molar-refractivity contribution is 0.0787. The van der Waals surface area contributed by atoms with Gasteiger partial charge in [0, 0.05) is 24.7 Å². The second-order valence-electron chi connectivity index (χ2n) is 6.09. The Labute approximate surface area is 141 Å². The normalized spacial score (nSPS) is 17.1. The van der Waals surface area contributed by atoms with Crippen LogP contribution >= 0.6 is 0 Å². The number of ether oxygens (including phenoxy) is 1. The van der Waals surface area contributed by atoms with Crippen LogP contribution < -0.4 is 10.5 Å². The Bertz CT molecular complexity index is 720. The highest BCUT2D eigenvalue weighted by atomic mass is 19.1. The van der Waals surface area contributed by atoms with Gasteiger partial charge in [0.1, 0.15) is 18.2 Å². The lowest BCUT2D eigenvalue weighted by Crippen LogP contribution is -2.29. The minimum atomic E-state index is -0.333. The number of benzene rings is 2. The summed E-state index contributed by atoms with van der Waals surface area (Å²) in [6, 6.07) is 13.4. The van der Waals surface area contributed by atoms with Crippen LogP contribution in [0.4, 0.5) is 4.39 Å². The summed E-state index contributed by atoms with van der Waals surface area (Å²) in [6.45, 7) is 2.38. The molecule has 1 fully saturated rings. The van der Waals surface area contributed by atoms with Crippen LogP contribution in [0.2, 0.25) is 0 Å². The second-order valence-corrected chi connectivity index (χ2v) is 6.09.